The minimum Gasteiger partial charge on any atom is -0.236 e. The van der Waals surface area contributed by atoms with E-state index in [4.69, 9.17) is 0 Å². The van der Waals surface area contributed by atoms with Gasteiger partial charge in [0, 0.05) is 17.1 Å². The lowest BCUT2D eigenvalue weighted by Crippen LogP contribution is -1.89. The highest BCUT2D eigenvalue weighted by molar-refractivity contribution is 7.16. The fourth-order valence-corrected chi connectivity index (χ4v) is 3.05. The van der Waals surface area contributed by atoms with Crippen LogP contribution in [0.4, 0.5) is 0 Å². The minimum atomic E-state index is 0.798. The molecular formula is C16H10N2S. The van der Waals surface area contributed by atoms with E-state index in [-0.39, 0.29) is 0 Å². The molecule has 0 bridgehead atoms. The Morgan fingerprint density at radius 1 is 0.842 bits per heavy atom. The molecule has 0 spiro atoms. The van der Waals surface area contributed by atoms with Gasteiger partial charge in [-0.15, -0.1) is 11.3 Å². The predicted octanol–water partition coefficient (Wildman–Crippen LogP) is 4.51. The molecule has 0 radical (unpaired) electrons. The molecule has 0 aliphatic carbocycles. The molecule has 0 aliphatic heterocycles. The van der Waals surface area contributed by atoms with Crippen LogP contribution in [0.15, 0.2) is 60.1 Å². The van der Waals surface area contributed by atoms with Gasteiger partial charge in [-0.05, 0) is 22.2 Å². The van der Waals surface area contributed by atoms with Crippen LogP contribution in [-0.2, 0) is 0 Å². The third-order valence-corrected chi connectivity index (χ3v) is 4.06. The van der Waals surface area contributed by atoms with Crippen LogP contribution in [0.1, 0.15) is 0 Å². The number of benzene rings is 2. The van der Waals surface area contributed by atoms with Crippen molar-refractivity contribution in [2.24, 2.45) is 0 Å². The number of nitrogens with zero attached hydrogens (tertiary/aromatic N) is 2. The van der Waals surface area contributed by atoms with Crippen LogP contribution in [0.3, 0.4) is 0 Å². The molecule has 3 heteroatoms. The molecule has 0 aliphatic rings. The third-order valence-electron chi connectivity index (χ3n) is 3.24. The zero-order valence-corrected chi connectivity index (χ0v) is 10.9. The number of aromatic nitrogens is 2. The van der Waals surface area contributed by atoms with E-state index in [1.807, 2.05) is 17.6 Å². The first kappa shape index (κ1) is 10.6. The SMILES string of the molecule is c1ccc2c(-c3ncc4ccsc4n3)cccc2c1. The standard InChI is InChI=1S/C16H10N2S/c1-2-6-13-11(4-1)5-3-7-14(13)15-17-10-12-8-9-19-16(12)18-15/h1-10H. The fraction of sp³-hybridized carbons (Fsp3) is 0. The van der Waals surface area contributed by atoms with Crippen LogP contribution in [0.2, 0.25) is 0 Å². The van der Waals surface area contributed by atoms with E-state index in [1.54, 1.807) is 11.3 Å². The van der Waals surface area contributed by atoms with Crippen LogP contribution in [-0.4, -0.2) is 9.97 Å². The van der Waals surface area contributed by atoms with Gasteiger partial charge in [0.1, 0.15) is 4.83 Å². The molecule has 0 amide bonds. The van der Waals surface area contributed by atoms with Crippen LogP contribution in [0, 0.1) is 0 Å². The van der Waals surface area contributed by atoms with Crippen molar-refractivity contribution < 1.29 is 0 Å². The number of thiophene rings is 1. The zero-order chi connectivity index (χ0) is 12.7. The van der Waals surface area contributed by atoms with Crippen molar-refractivity contribution in [3.05, 3.63) is 60.1 Å². The highest BCUT2D eigenvalue weighted by atomic mass is 32.1. The lowest BCUT2D eigenvalue weighted by Gasteiger charge is -2.05. The molecule has 0 saturated carbocycles. The van der Waals surface area contributed by atoms with E-state index in [0.717, 1.165) is 21.6 Å². The average molecular weight is 262 g/mol. The topological polar surface area (TPSA) is 25.8 Å². The van der Waals surface area contributed by atoms with Gasteiger partial charge in [-0.1, -0.05) is 42.5 Å². The van der Waals surface area contributed by atoms with Gasteiger partial charge in [0.25, 0.3) is 0 Å². The van der Waals surface area contributed by atoms with Gasteiger partial charge in [-0.3, -0.25) is 0 Å². The molecule has 19 heavy (non-hydrogen) atoms. The molecule has 0 fully saturated rings. The van der Waals surface area contributed by atoms with E-state index in [2.05, 4.69) is 52.4 Å². The maximum atomic E-state index is 4.66. The molecule has 4 rings (SSSR count). The minimum absolute atomic E-state index is 0.798. The van der Waals surface area contributed by atoms with Crippen molar-refractivity contribution in [3.8, 4) is 11.4 Å². The second kappa shape index (κ2) is 4.14. The van der Waals surface area contributed by atoms with Crippen molar-refractivity contribution in [1.82, 2.24) is 9.97 Å². The summed E-state index contributed by atoms with van der Waals surface area (Å²) < 4.78 is 0. The molecule has 0 atom stereocenters. The summed E-state index contributed by atoms with van der Waals surface area (Å²) in [4.78, 5) is 10.2. The van der Waals surface area contributed by atoms with E-state index in [1.165, 1.54) is 10.8 Å². The van der Waals surface area contributed by atoms with Crippen LogP contribution in [0.5, 0.6) is 0 Å². The molecular weight excluding hydrogens is 252 g/mol. The highest BCUT2D eigenvalue weighted by Crippen LogP contribution is 2.28. The molecule has 4 aromatic rings. The van der Waals surface area contributed by atoms with Crippen molar-refractivity contribution in [3.63, 3.8) is 0 Å². The normalized spacial score (nSPS) is 11.2. The molecule has 2 heterocycles. The molecule has 0 saturated heterocycles. The molecule has 0 N–H and O–H groups in total. The van der Waals surface area contributed by atoms with Crippen molar-refractivity contribution in [2.75, 3.05) is 0 Å². The van der Waals surface area contributed by atoms with E-state index in [0.29, 0.717) is 0 Å². The smallest absolute Gasteiger partial charge is 0.161 e. The number of rotatable bonds is 1. The molecule has 2 nitrogen and oxygen atoms in total. The maximum Gasteiger partial charge on any atom is 0.161 e. The van der Waals surface area contributed by atoms with E-state index < -0.39 is 0 Å². The Morgan fingerprint density at radius 2 is 1.74 bits per heavy atom. The van der Waals surface area contributed by atoms with Gasteiger partial charge in [0.15, 0.2) is 5.82 Å². The summed E-state index contributed by atoms with van der Waals surface area (Å²) in [7, 11) is 0. The van der Waals surface area contributed by atoms with Crippen molar-refractivity contribution in [1.29, 1.82) is 0 Å². The second-order valence-electron chi connectivity index (χ2n) is 4.40. The van der Waals surface area contributed by atoms with Crippen LogP contribution >= 0.6 is 11.3 Å². The van der Waals surface area contributed by atoms with Gasteiger partial charge in [-0.25, -0.2) is 9.97 Å². The summed E-state index contributed by atoms with van der Waals surface area (Å²) in [6.45, 7) is 0. The number of fused-ring (bicyclic) bond motifs is 2. The first-order valence-electron chi connectivity index (χ1n) is 6.10. The van der Waals surface area contributed by atoms with Gasteiger partial charge in [0.2, 0.25) is 0 Å². The van der Waals surface area contributed by atoms with Crippen LogP contribution in [0.25, 0.3) is 32.4 Å². The predicted molar refractivity (Wildman–Crippen MR) is 80.4 cm³/mol. The zero-order valence-electron chi connectivity index (χ0n) is 10.1. The fourth-order valence-electron chi connectivity index (χ4n) is 2.31. The maximum absolute atomic E-state index is 4.66. The summed E-state index contributed by atoms with van der Waals surface area (Å²) in [6, 6.07) is 16.6. The Kier molecular flexibility index (Phi) is 2.32. The van der Waals surface area contributed by atoms with Crippen LogP contribution < -0.4 is 0 Å². The van der Waals surface area contributed by atoms with E-state index in [9.17, 15) is 0 Å². The Balaban J connectivity index is 2.03. The highest BCUT2D eigenvalue weighted by Gasteiger charge is 2.07. The largest absolute Gasteiger partial charge is 0.236 e. The summed E-state index contributed by atoms with van der Waals surface area (Å²) in [5.41, 5.74) is 1.09. The lowest BCUT2D eigenvalue weighted by molar-refractivity contribution is 1.24. The summed E-state index contributed by atoms with van der Waals surface area (Å²) >= 11 is 1.65. The first-order chi connectivity index (χ1) is 9.42. The first-order valence-corrected chi connectivity index (χ1v) is 6.98. The third kappa shape index (κ3) is 1.71. The molecule has 2 aromatic heterocycles. The van der Waals surface area contributed by atoms with Gasteiger partial charge in [0.05, 0.1) is 0 Å². The Morgan fingerprint density at radius 3 is 2.74 bits per heavy atom. The Labute approximate surface area is 114 Å². The molecule has 2 aromatic carbocycles. The van der Waals surface area contributed by atoms with Crippen molar-refractivity contribution in [2.45, 2.75) is 0 Å². The number of hydrogen-bond donors (Lipinski definition) is 0. The number of hydrogen-bond acceptors (Lipinski definition) is 3. The average Bonchev–Trinajstić information content (AvgIpc) is 2.94. The quantitative estimate of drug-likeness (QED) is 0.504. The Bertz CT molecular complexity index is 875. The second-order valence-corrected chi connectivity index (χ2v) is 5.30. The Hall–Kier alpha value is -2.26. The lowest BCUT2D eigenvalue weighted by atomic mass is 10.0. The molecule has 0 unspecified atom stereocenters. The summed E-state index contributed by atoms with van der Waals surface area (Å²) in [5, 5.41) is 5.57. The van der Waals surface area contributed by atoms with E-state index >= 15 is 0 Å². The van der Waals surface area contributed by atoms with Crippen molar-refractivity contribution >= 4 is 32.3 Å². The molecule has 90 valence electrons. The van der Waals surface area contributed by atoms with Gasteiger partial charge < -0.3 is 0 Å². The van der Waals surface area contributed by atoms with Gasteiger partial charge in [-0.2, -0.15) is 0 Å². The monoisotopic (exact) mass is 262 g/mol. The summed E-state index contributed by atoms with van der Waals surface area (Å²) in [5.74, 6) is 0.798. The summed E-state index contributed by atoms with van der Waals surface area (Å²) in [6.07, 6.45) is 1.90. The van der Waals surface area contributed by atoms with Gasteiger partial charge >= 0.3 is 0 Å².